The molecule has 7 heteroatoms. The van der Waals surface area contributed by atoms with E-state index in [2.05, 4.69) is 147 Å². The molecule has 0 saturated heterocycles. The smallest absolute Gasteiger partial charge is 0.207 e. The first kappa shape index (κ1) is 30.6. The van der Waals surface area contributed by atoms with Crippen LogP contribution in [0.4, 0.5) is 34.1 Å². The standard InChI is InChI=1S/C42H34N2O2S3/c1-25(2)27-23-41-29(21-35(27)43-31-13-5-9-17-37(31)47-38-18-10-6-14-32(38)43)30-22-36(28(26(3)4)24-42(30)49(41,45)46)44-33-15-7-11-19-39(33)48-40-20-12-8-16-34(40)44/h5-26H,1-4H3. The summed E-state index contributed by atoms with van der Waals surface area (Å²) in [5, 5.41) is 0. The van der Waals surface area contributed by atoms with Crippen LogP contribution in [-0.2, 0) is 9.84 Å². The van der Waals surface area contributed by atoms with E-state index in [0.29, 0.717) is 9.79 Å². The molecule has 0 unspecified atom stereocenters. The summed E-state index contributed by atoms with van der Waals surface area (Å²) in [7, 11) is -3.76. The highest BCUT2D eigenvalue weighted by molar-refractivity contribution is 8.00. The van der Waals surface area contributed by atoms with Gasteiger partial charge in [-0.25, -0.2) is 8.42 Å². The fourth-order valence-corrected chi connectivity index (χ4v) is 11.2. The van der Waals surface area contributed by atoms with Gasteiger partial charge in [0.05, 0.1) is 43.9 Å². The molecule has 0 aliphatic carbocycles. The minimum Gasteiger partial charge on any atom is -0.308 e. The molecule has 0 bridgehead atoms. The Labute approximate surface area is 296 Å². The number of hydrogen-bond donors (Lipinski definition) is 0. The number of nitrogens with zero attached hydrogens (tertiary/aromatic N) is 2. The van der Waals surface area contributed by atoms with Crippen molar-refractivity contribution in [3.05, 3.63) is 132 Å². The summed E-state index contributed by atoms with van der Waals surface area (Å²) in [5.41, 5.74) is 9.95. The predicted molar refractivity (Wildman–Crippen MR) is 203 cm³/mol. The fraction of sp³-hybridized carbons (Fsp3) is 0.143. The quantitative estimate of drug-likeness (QED) is 0.183. The van der Waals surface area contributed by atoms with Gasteiger partial charge in [0.15, 0.2) is 0 Å². The van der Waals surface area contributed by atoms with E-state index in [9.17, 15) is 8.42 Å². The van der Waals surface area contributed by atoms with Gasteiger partial charge < -0.3 is 9.80 Å². The van der Waals surface area contributed by atoms with E-state index in [-0.39, 0.29) is 11.8 Å². The highest BCUT2D eigenvalue weighted by atomic mass is 32.2. The lowest BCUT2D eigenvalue weighted by atomic mass is 9.92. The van der Waals surface area contributed by atoms with Crippen molar-refractivity contribution in [1.82, 2.24) is 0 Å². The molecule has 0 saturated carbocycles. The molecule has 3 aliphatic rings. The Morgan fingerprint density at radius 2 is 0.755 bits per heavy atom. The van der Waals surface area contributed by atoms with Gasteiger partial charge in [0.1, 0.15) is 0 Å². The molecule has 3 aliphatic heterocycles. The molecule has 0 amide bonds. The van der Waals surface area contributed by atoms with Crippen molar-refractivity contribution in [2.24, 2.45) is 0 Å². The number of anilines is 6. The molecule has 242 valence electrons. The third-order valence-electron chi connectivity index (χ3n) is 9.72. The van der Waals surface area contributed by atoms with Crippen LogP contribution in [0.15, 0.2) is 151 Å². The number of para-hydroxylation sites is 4. The zero-order valence-electron chi connectivity index (χ0n) is 27.6. The third kappa shape index (κ3) is 4.63. The lowest BCUT2D eigenvalue weighted by molar-refractivity contribution is 0.598. The Hall–Kier alpha value is -4.43. The molecular formula is C42H34N2O2S3. The third-order valence-corrected chi connectivity index (χ3v) is 13.8. The zero-order chi connectivity index (χ0) is 33.6. The van der Waals surface area contributed by atoms with Gasteiger partial charge in [0.25, 0.3) is 0 Å². The first-order valence-electron chi connectivity index (χ1n) is 16.7. The van der Waals surface area contributed by atoms with E-state index in [1.54, 1.807) is 23.5 Å². The Balaban J connectivity index is 1.32. The SMILES string of the molecule is CC(C)c1cc2c(cc1N1c3ccccc3Sc3ccccc31)-c1cc(N3c4ccccc4Sc4ccccc43)c(C(C)C)cc1S2(=O)=O. The molecule has 0 aromatic heterocycles. The molecule has 0 radical (unpaired) electrons. The molecule has 0 atom stereocenters. The molecule has 6 aromatic carbocycles. The van der Waals surface area contributed by atoms with E-state index in [0.717, 1.165) is 56.4 Å². The summed E-state index contributed by atoms with van der Waals surface area (Å²) in [5.74, 6) is 0.183. The van der Waals surface area contributed by atoms with Crippen LogP contribution in [-0.4, -0.2) is 8.42 Å². The van der Waals surface area contributed by atoms with Crippen molar-refractivity contribution < 1.29 is 8.42 Å². The number of rotatable bonds is 4. The topological polar surface area (TPSA) is 40.6 Å². The lowest BCUT2D eigenvalue weighted by Crippen LogP contribution is -2.17. The Kier molecular flexibility index (Phi) is 7.06. The van der Waals surface area contributed by atoms with Crippen LogP contribution in [0.3, 0.4) is 0 Å². The number of benzene rings is 6. The Morgan fingerprint density at radius 1 is 0.449 bits per heavy atom. The average molecular weight is 695 g/mol. The van der Waals surface area contributed by atoms with Crippen molar-refractivity contribution >= 4 is 67.5 Å². The predicted octanol–water partition coefficient (Wildman–Crippen LogP) is 12.6. The van der Waals surface area contributed by atoms with Gasteiger partial charge in [-0.1, -0.05) is 99.7 Å². The number of hydrogen-bond acceptors (Lipinski definition) is 6. The van der Waals surface area contributed by atoms with E-state index in [1.165, 1.54) is 19.6 Å². The van der Waals surface area contributed by atoms with Crippen LogP contribution >= 0.6 is 23.5 Å². The van der Waals surface area contributed by atoms with Gasteiger partial charge in [0, 0.05) is 30.7 Å². The molecule has 9 rings (SSSR count). The molecule has 0 N–H and O–H groups in total. The molecular weight excluding hydrogens is 661 g/mol. The van der Waals surface area contributed by atoms with E-state index in [4.69, 9.17) is 0 Å². The van der Waals surface area contributed by atoms with Crippen LogP contribution < -0.4 is 9.80 Å². The van der Waals surface area contributed by atoms with Gasteiger partial charge >= 0.3 is 0 Å². The van der Waals surface area contributed by atoms with Crippen LogP contribution in [0.2, 0.25) is 0 Å². The van der Waals surface area contributed by atoms with Crippen LogP contribution in [0.25, 0.3) is 11.1 Å². The van der Waals surface area contributed by atoms with Crippen molar-refractivity contribution in [1.29, 1.82) is 0 Å². The highest BCUT2D eigenvalue weighted by Gasteiger charge is 2.39. The van der Waals surface area contributed by atoms with Crippen LogP contribution in [0, 0.1) is 0 Å². The van der Waals surface area contributed by atoms with Gasteiger partial charge in [-0.3, -0.25) is 0 Å². The highest BCUT2D eigenvalue weighted by Crippen LogP contribution is 2.58. The maximum absolute atomic E-state index is 14.6. The molecule has 0 fully saturated rings. The van der Waals surface area contributed by atoms with Crippen molar-refractivity contribution in [3.63, 3.8) is 0 Å². The summed E-state index contributed by atoms with van der Waals surface area (Å²) < 4.78 is 29.1. The summed E-state index contributed by atoms with van der Waals surface area (Å²) in [6.07, 6.45) is 0. The van der Waals surface area contributed by atoms with Crippen molar-refractivity contribution in [2.45, 2.75) is 68.9 Å². The summed E-state index contributed by atoms with van der Waals surface area (Å²) in [6.45, 7) is 8.59. The normalized spacial score (nSPS) is 15.0. The monoisotopic (exact) mass is 694 g/mol. The minimum atomic E-state index is -3.76. The molecule has 3 heterocycles. The average Bonchev–Trinajstić information content (AvgIpc) is 3.32. The van der Waals surface area contributed by atoms with Gasteiger partial charge in [0.2, 0.25) is 9.84 Å². The van der Waals surface area contributed by atoms with E-state index in [1.807, 2.05) is 12.1 Å². The second kappa shape index (κ2) is 11.3. The van der Waals surface area contributed by atoms with Crippen LogP contribution in [0.1, 0.15) is 50.7 Å². The fourth-order valence-electron chi connectivity index (χ4n) is 7.39. The minimum absolute atomic E-state index is 0.0914. The van der Waals surface area contributed by atoms with Gasteiger partial charge in [-0.2, -0.15) is 0 Å². The zero-order valence-corrected chi connectivity index (χ0v) is 30.1. The van der Waals surface area contributed by atoms with Crippen molar-refractivity contribution in [3.8, 4) is 11.1 Å². The molecule has 6 aromatic rings. The first-order chi connectivity index (χ1) is 23.7. The second-order valence-corrected chi connectivity index (χ2v) is 17.4. The van der Waals surface area contributed by atoms with E-state index < -0.39 is 9.84 Å². The maximum atomic E-state index is 14.6. The van der Waals surface area contributed by atoms with Crippen molar-refractivity contribution in [2.75, 3.05) is 9.80 Å². The van der Waals surface area contributed by atoms with Crippen LogP contribution in [0.5, 0.6) is 0 Å². The van der Waals surface area contributed by atoms with E-state index >= 15 is 0 Å². The summed E-state index contributed by atoms with van der Waals surface area (Å²) >= 11 is 3.55. The first-order valence-corrected chi connectivity index (χ1v) is 19.8. The number of fused-ring (bicyclic) bond motifs is 7. The lowest BCUT2D eigenvalue weighted by Gasteiger charge is -2.35. The molecule has 0 spiro atoms. The Morgan fingerprint density at radius 3 is 1.06 bits per heavy atom. The molecule has 4 nitrogen and oxygen atoms in total. The Bertz CT molecular complexity index is 2200. The van der Waals surface area contributed by atoms with Gasteiger partial charge in [-0.15, -0.1) is 0 Å². The maximum Gasteiger partial charge on any atom is 0.207 e. The van der Waals surface area contributed by atoms with Gasteiger partial charge in [-0.05, 0) is 95.8 Å². The summed E-state index contributed by atoms with van der Waals surface area (Å²) in [4.78, 5) is 10.2. The second-order valence-electron chi connectivity index (χ2n) is 13.4. The number of sulfone groups is 1. The molecule has 49 heavy (non-hydrogen) atoms. The largest absolute Gasteiger partial charge is 0.308 e. The summed E-state index contributed by atoms with van der Waals surface area (Å²) in [6, 6.07) is 42.1.